The molecule has 5 rings (SSSR count). The van der Waals surface area contributed by atoms with Crippen LogP contribution in [0.1, 0.15) is 44.0 Å². The molecule has 1 unspecified atom stereocenters. The van der Waals surface area contributed by atoms with Crippen molar-refractivity contribution < 1.29 is 28.2 Å². The fourth-order valence-corrected chi connectivity index (χ4v) is 5.36. The van der Waals surface area contributed by atoms with Crippen LogP contribution in [0.4, 0.5) is 24.8 Å². The number of carbonyl (C=O) groups is 1. The van der Waals surface area contributed by atoms with Crippen LogP contribution in [0.5, 0.6) is 0 Å². The molecular formula is C25H19F3N4O3S. The quantitative estimate of drug-likeness (QED) is 0.322. The van der Waals surface area contributed by atoms with Crippen LogP contribution in [0.15, 0.2) is 54.9 Å². The third kappa shape index (κ3) is 4.31. The highest BCUT2D eigenvalue weighted by Gasteiger charge is 2.42. The molecule has 3 heterocycles. The lowest BCUT2D eigenvalue weighted by atomic mass is 9.95. The van der Waals surface area contributed by atoms with E-state index in [2.05, 4.69) is 20.3 Å². The Morgan fingerprint density at radius 2 is 1.94 bits per heavy atom. The van der Waals surface area contributed by atoms with Crippen LogP contribution in [0, 0.1) is 6.92 Å². The van der Waals surface area contributed by atoms with Crippen LogP contribution in [0.2, 0.25) is 0 Å². The molecule has 184 valence electrons. The Hall–Kier alpha value is -3.83. The summed E-state index contributed by atoms with van der Waals surface area (Å²) in [6.07, 6.45) is -1.13. The SMILES string of the molecule is Cc1cc(Nc2cc(C(F)(F)F)ccn2)nc(-c2cnc(C3(O)CCc4c(C(=O)O)cccc43)s2)c1. The third-order valence-electron chi connectivity index (χ3n) is 6.01. The lowest BCUT2D eigenvalue weighted by molar-refractivity contribution is -0.137. The van der Waals surface area contributed by atoms with Gasteiger partial charge in [0.1, 0.15) is 22.2 Å². The molecule has 7 nitrogen and oxygen atoms in total. The minimum atomic E-state index is -4.49. The van der Waals surface area contributed by atoms with E-state index in [9.17, 15) is 28.2 Å². The number of aryl methyl sites for hydroxylation is 1. The molecule has 36 heavy (non-hydrogen) atoms. The maximum absolute atomic E-state index is 13.0. The molecule has 0 bridgehead atoms. The van der Waals surface area contributed by atoms with E-state index in [-0.39, 0.29) is 11.4 Å². The van der Waals surface area contributed by atoms with Crippen LogP contribution < -0.4 is 5.32 Å². The summed E-state index contributed by atoms with van der Waals surface area (Å²) in [6, 6.07) is 10.1. The predicted molar refractivity (Wildman–Crippen MR) is 127 cm³/mol. The Labute approximate surface area is 207 Å². The maximum Gasteiger partial charge on any atom is 0.416 e. The molecule has 0 radical (unpaired) electrons. The number of benzene rings is 1. The van der Waals surface area contributed by atoms with E-state index >= 15 is 0 Å². The Balaban J connectivity index is 1.46. The number of hydrogen-bond acceptors (Lipinski definition) is 7. The smallest absolute Gasteiger partial charge is 0.416 e. The van der Waals surface area contributed by atoms with Crippen LogP contribution >= 0.6 is 11.3 Å². The van der Waals surface area contributed by atoms with E-state index in [0.29, 0.717) is 45.4 Å². The zero-order valence-electron chi connectivity index (χ0n) is 18.8. The van der Waals surface area contributed by atoms with Gasteiger partial charge in [-0.1, -0.05) is 12.1 Å². The number of nitrogens with zero attached hydrogens (tertiary/aromatic N) is 3. The van der Waals surface area contributed by atoms with Gasteiger partial charge in [-0.25, -0.2) is 19.7 Å². The van der Waals surface area contributed by atoms with Crippen LogP contribution in [0.25, 0.3) is 10.6 Å². The third-order valence-corrected chi connectivity index (χ3v) is 7.18. The van der Waals surface area contributed by atoms with E-state index in [0.717, 1.165) is 23.9 Å². The first kappa shape index (κ1) is 23.9. The van der Waals surface area contributed by atoms with Crippen molar-refractivity contribution in [3.05, 3.63) is 87.7 Å². The molecule has 0 amide bonds. The highest BCUT2D eigenvalue weighted by atomic mass is 32.1. The zero-order chi connectivity index (χ0) is 25.7. The number of halogens is 3. The summed E-state index contributed by atoms with van der Waals surface area (Å²) >= 11 is 1.23. The molecule has 4 aromatic rings. The first-order valence-corrected chi connectivity index (χ1v) is 11.7. The number of rotatable bonds is 5. The Kier molecular flexibility index (Phi) is 5.76. The number of pyridine rings is 2. The van der Waals surface area contributed by atoms with Crippen molar-refractivity contribution >= 4 is 28.9 Å². The molecule has 11 heteroatoms. The van der Waals surface area contributed by atoms with Gasteiger partial charge in [0.2, 0.25) is 0 Å². The summed E-state index contributed by atoms with van der Waals surface area (Å²) in [5, 5.41) is 24.2. The Morgan fingerprint density at radius 1 is 1.14 bits per heavy atom. The van der Waals surface area contributed by atoms with Gasteiger partial charge in [0, 0.05) is 12.4 Å². The molecule has 0 saturated carbocycles. The number of carboxylic acids is 1. The van der Waals surface area contributed by atoms with Gasteiger partial charge in [0.15, 0.2) is 0 Å². The maximum atomic E-state index is 13.0. The number of aromatic nitrogens is 3. The van der Waals surface area contributed by atoms with Gasteiger partial charge >= 0.3 is 12.1 Å². The number of carboxylic acid groups (broad SMARTS) is 1. The minimum Gasteiger partial charge on any atom is -0.478 e. The van der Waals surface area contributed by atoms with Gasteiger partial charge in [-0.05, 0) is 66.8 Å². The average molecular weight is 513 g/mol. The molecular weight excluding hydrogens is 493 g/mol. The average Bonchev–Trinajstić information content (AvgIpc) is 3.45. The van der Waals surface area contributed by atoms with Crippen molar-refractivity contribution in [1.82, 2.24) is 15.0 Å². The number of thiazole rings is 1. The second-order valence-corrected chi connectivity index (χ2v) is 9.52. The minimum absolute atomic E-state index is 0.00461. The lowest BCUT2D eigenvalue weighted by Gasteiger charge is -2.21. The number of aromatic carboxylic acids is 1. The van der Waals surface area contributed by atoms with Gasteiger partial charge in [0.05, 0.1) is 21.7 Å². The number of anilines is 2. The molecule has 3 N–H and O–H groups in total. The number of fused-ring (bicyclic) bond motifs is 1. The second kappa shape index (κ2) is 8.68. The number of hydrogen-bond donors (Lipinski definition) is 3. The van der Waals surface area contributed by atoms with Gasteiger partial charge in [-0.2, -0.15) is 13.2 Å². The van der Waals surface area contributed by atoms with Crippen molar-refractivity contribution in [3.8, 4) is 10.6 Å². The largest absolute Gasteiger partial charge is 0.478 e. The fourth-order valence-electron chi connectivity index (χ4n) is 4.35. The van der Waals surface area contributed by atoms with Crippen molar-refractivity contribution in [3.63, 3.8) is 0 Å². The van der Waals surface area contributed by atoms with E-state index in [4.69, 9.17) is 0 Å². The Bertz CT molecular complexity index is 1490. The standard InChI is InChI=1S/C25H19F3N4O3S/c1-13-9-18(31-21(10-13)32-20-11-14(6-8-29-20)25(26,27)28)19-12-30-23(36-19)24(35)7-5-15-16(22(33)34)3-2-4-17(15)24/h2-4,6,8-12,35H,5,7H2,1H3,(H,33,34)(H,29,31,32). The van der Waals surface area contributed by atoms with Gasteiger partial charge in [0.25, 0.3) is 0 Å². The summed E-state index contributed by atoms with van der Waals surface area (Å²) in [5.41, 5.74) is 0.373. The molecule has 1 aliphatic carbocycles. The summed E-state index contributed by atoms with van der Waals surface area (Å²) in [5.74, 6) is -0.733. The molecule has 1 atom stereocenters. The molecule has 0 saturated heterocycles. The molecule has 0 fully saturated rings. The number of aliphatic hydroxyl groups is 1. The summed E-state index contributed by atoms with van der Waals surface area (Å²) < 4.78 is 39.1. The van der Waals surface area contributed by atoms with Crippen LogP contribution in [-0.2, 0) is 18.2 Å². The monoisotopic (exact) mass is 512 g/mol. The predicted octanol–water partition coefficient (Wildman–Crippen LogP) is 5.55. The Morgan fingerprint density at radius 3 is 2.69 bits per heavy atom. The first-order valence-electron chi connectivity index (χ1n) is 10.9. The zero-order valence-corrected chi connectivity index (χ0v) is 19.6. The summed E-state index contributed by atoms with van der Waals surface area (Å²) in [7, 11) is 0. The molecule has 1 aliphatic rings. The van der Waals surface area contributed by atoms with Gasteiger partial charge in [-0.3, -0.25) is 0 Å². The van der Waals surface area contributed by atoms with Crippen molar-refractivity contribution in [2.45, 2.75) is 31.5 Å². The number of alkyl halides is 3. The number of nitrogens with one attached hydrogen (secondary N) is 1. The van der Waals surface area contributed by atoms with Crippen LogP contribution in [0.3, 0.4) is 0 Å². The van der Waals surface area contributed by atoms with E-state index in [1.807, 2.05) is 6.92 Å². The molecule has 3 aromatic heterocycles. The van der Waals surface area contributed by atoms with E-state index in [1.54, 1.807) is 30.5 Å². The van der Waals surface area contributed by atoms with Crippen LogP contribution in [-0.4, -0.2) is 31.1 Å². The summed E-state index contributed by atoms with van der Waals surface area (Å²) in [4.78, 5) is 25.1. The lowest BCUT2D eigenvalue weighted by Crippen LogP contribution is -2.23. The van der Waals surface area contributed by atoms with E-state index in [1.165, 1.54) is 17.4 Å². The van der Waals surface area contributed by atoms with Crippen molar-refractivity contribution in [2.24, 2.45) is 0 Å². The van der Waals surface area contributed by atoms with Gasteiger partial charge < -0.3 is 15.5 Å². The fraction of sp³-hybridized carbons (Fsp3) is 0.200. The first-order chi connectivity index (χ1) is 17.0. The van der Waals surface area contributed by atoms with E-state index < -0.39 is 23.3 Å². The normalized spacial score (nSPS) is 17.1. The molecule has 0 spiro atoms. The topological polar surface area (TPSA) is 108 Å². The molecule has 1 aromatic carbocycles. The summed E-state index contributed by atoms with van der Waals surface area (Å²) in [6.45, 7) is 1.83. The highest BCUT2D eigenvalue weighted by molar-refractivity contribution is 7.15. The van der Waals surface area contributed by atoms with Crippen molar-refractivity contribution in [2.75, 3.05) is 5.32 Å². The highest BCUT2D eigenvalue weighted by Crippen LogP contribution is 2.45. The molecule has 0 aliphatic heterocycles. The van der Waals surface area contributed by atoms with Gasteiger partial charge in [-0.15, -0.1) is 11.3 Å². The second-order valence-electron chi connectivity index (χ2n) is 8.49. The van der Waals surface area contributed by atoms with Crippen molar-refractivity contribution in [1.29, 1.82) is 0 Å².